The van der Waals surface area contributed by atoms with Gasteiger partial charge in [-0.1, -0.05) is 55.5 Å². The van der Waals surface area contributed by atoms with Crippen molar-refractivity contribution < 1.29 is 17.9 Å². The van der Waals surface area contributed by atoms with Crippen molar-refractivity contribution in [2.24, 2.45) is 5.92 Å². The van der Waals surface area contributed by atoms with E-state index in [1.54, 1.807) is 42.5 Å². The molecule has 0 saturated heterocycles. The van der Waals surface area contributed by atoms with Crippen LogP contribution in [0.5, 0.6) is 5.75 Å². The molecule has 0 aromatic heterocycles. The van der Waals surface area contributed by atoms with Crippen molar-refractivity contribution in [3.63, 3.8) is 0 Å². The molecule has 0 fully saturated rings. The fraction of sp³-hybridized carbons (Fsp3) is 0.241. The van der Waals surface area contributed by atoms with Gasteiger partial charge in [-0.05, 0) is 72.1 Å². The largest absolute Gasteiger partial charge is 0.490 e. The third-order valence-electron chi connectivity index (χ3n) is 6.15. The Kier molecular flexibility index (Phi) is 7.02. The average Bonchev–Trinajstić information content (AvgIpc) is 2.83. The molecule has 0 bridgehead atoms. The van der Waals surface area contributed by atoms with Gasteiger partial charge in [0.15, 0.2) is 11.6 Å². The predicted octanol–water partition coefficient (Wildman–Crippen LogP) is 8.60. The molecule has 0 aliphatic heterocycles. The summed E-state index contributed by atoms with van der Waals surface area (Å²) in [6, 6.07) is 15.0. The molecule has 0 spiro atoms. The van der Waals surface area contributed by atoms with Crippen LogP contribution >= 0.6 is 0 Å². The highest BCUT2D eigenvalue weighted by Crippen LogP contribution is 2.34. The molecule has 4 rings (SSSR count). The minimum absolute atomic E-state index is 0.126. The smallest absolute Gasteiger partial charge is 0.201 e. The van der Waals surface area contributed by atoms with Gasteiger partial charge in [0.2, 0.25) is 5.82 Å². The Morgan fingerprint density at radius 2 is 1.58 bits per heavy atom. The molecule has 33 heavy (non-hydrogen) atoms. The topological polar surface area (TPSA) is 9.23 Å². The molecule has 0 saturated carbocycles. The summed E-state index contributed by atoms with van der Waals surface area (Å²) in [5.74, 6) is -1.73. The lowest BCUT2D eigenvalue weighted by molar-refractivity contribution is 0.302. The molecule has 4 heteroatoms. The Bertz CT molecular complexity index is 1180. The Balaban J connectivity index is 1.55. The van der Waals surface area contributed by atoms with Gasteiger partial charge in [-0.25, -0.2) is 8.78 Å². The van der Waals surface area contributed by atoms with Crippen molar-refractivity contribution in [1.29, 1.82) is 0 Å². The van der Waals surface area contributed by atoms with E-state index in [2.05, 4.69) is 19.6 Å². The molecular weight excluding hydrogens is 421 g/mol. The van der Waals surface area contributed by atoms with Gasteiger partial charge in [0, 0.05) is 11.1 Å². The van der Waals surface area contributed by atoms with Gasteiger partial charge in [-0.2, -0.15) is 4.39 Å². The van der Waals surface area contributed by atoms with Crippen LogP contribution in [0.25, 0.3) is 27.8 Å². The maximum Gasteiger partial charge on any atom is 0.201 e. The van der Waals surface area contributed by atoms with Crippen LogP contribution in [0, 0.1) is 23.4 Å². The monoisotopic (exact) mass is 448 g/mol. The summed E-state index contributed by atoms with van der Waals surface area (Å²) >= 11 is 0. The fourth-order valence-electron chi connectivity index (χ4n) is 4.12. The van der Waals surface area contributed by atoms with Gasteiger partial charge in [-0.3, -0.25) is 0 Å². The summed E-state index contributed by atoms with van der Waals surface area (Å²) in [5, 5.41) is 0. The van der Waals surface area contributed by atoms with Crippen LogP contribution in [-0.2, 0) is 0 Å². The van der Waals surface area contributed by atoms with Crippen molar-refractivity contribution in [3.05, 3.63) is 96.3 Å². The first-order valence-electron chi connectivity index (χ1n) is 11.3. The van der Waals surface area contributed by atoms with E-state index < -0.39 is 11.6 Å². The van der Waals surface area contributed by atoms with Crippen LogP contribution in [0.4, 0.5) is 13.2 Å². The molecule has 0 amide bonds. The second-order valence-corrected chi connectivity index (χ2v) is 8.55. The molecule has 3 aromatic carbocycles. The quantitative estimate of drug-likeness (QED) is 0.260. The number of hydrogen-bond acceptors (Lipinski definition) is 1. The summed E-state index contributed by atoms with van der Waals surface area (Å²) in [7, 11) is 0. The molecule has 1 nitrogen and oxygen atoms in total. The van der Waals surface area contributed by atoms with Gasteiger partial charge < -0.3 is 4.74 Å². The lowest BCUT2D eigenvalue weighted by Crippen LogP contribution is -2.01. The summed E-state index contributed by atoms with van der Waals surface area (Å²) in [6.45, 7) is 6.03. The maximum atomic E-state index is 14.9. The molecule has 1 aliphatic rings. The van der Waals surface area contributed by atoms with E-state index in [1.165, 1.54) is 17.7 Å². The van der Waals surface area contributed by atoms with Crippen LogP contribution in [-0.4, -0.2) is 6.61 Å². The van der Waals surface area contributed by atoms with E-state index in [9.17, 15) is 13.2 Å². The number of benzene rings is 3. The first kappa shape index (κ1) is 22.9. The first-order chi connectivity index (χ1) is 16.0. The van der Waals surface area contributed by atoms with E-state index in [-0.39, 0.29) is 23.7 Å². The second-order valence-electron chi connectivity index (χ2n) is 8.55. The number of ether oxygens (including phenoxy) is 1. The lowest BCUT2D eigenvalue weighted by Gasteiger charge is -2.19. The average molecular weight is 449 g/mol. The summed E-state index contributed by atoms with van der Waals surface area (Å²) in [6.07, 6.45) is 7.51. The van der Waals surface area contributed by atoms with Crippen molar-refractivity contribution in [3.8, 4) is 28.0 Å². The molecule has 0 radical (unpaired) electrons. The van der Waals surface area contributed by atoms with Gasteiger partial charge in [0.05, 0.1) is 6.61 Å². The number of hydrogen-bond donors (Lipinski definition) is 0. The Morgan fingerprint density at radius 1 is 0.909 bits per heavy atom. The first-order valence-corrected chi connectivity index (χ1v) is 11.3. The lowest BCUT2D eigenvalue weighted by atomic mass is 9.87. The molecular formula is C29H27F3O. The molecule has 0 heterocycles. The zero-order valence-electron chi connectivity index (χ0n) is 18.7. The summed E-state index contributed by atoms with van der Waals surface area (Å²) in [4.78, 5) is 0. The van der Waals surface area contributed by atoms with Crippen LogP contribution < -0.4 is 4.74 Å². The Hall–Kier alpha value is -3.27. The van der Waals surface area contributed by atoms with Crippen LogP contribution in [0.1, 0.15) is 38.2 Å². The summed E-state index contributed by atoms with van der Waals surface area (Å²) in [5.41, 5.74) is 3.92. The summed E-state index contributed by atoms with van der Waals surface area (Å²) < 4.78 is 49.2. The Morgan fingerprint density at radius 3 is 2.21 bits per heavy atom. The molecule has 1 atom stereocenters. The second kappa shape index (κ2) is 10.1. The van der Waals surface area contributed by atoms with E-state index in [0.29, 0.717) is 29.0 Å². The van der Waals surface area contributed by atoms with Crippen molar-refractivity contribution in [2.45, 2.75) is 32.6 Å². The van der Waals surface area contributed by atoms with Crippen molar-refractivity contribution in [1.82, 2.24) is 0 Å². The van der Waals surface area contributed by atoms with Crippen LogP contribution in [0.3, 0.4) is 0 Å². The zero-order valence-corrected chi connectivity index (χ0v) is 18.7. The van der Waals surface area contributed by atoms with Crippen molar-refractivity contribution in [2.75, 3.05) is 6.61 Å². The minimum Gasteiger partial charge on any atom is -0.490 e. The highest BCUT2D eigenvalue weighted by atomic mass is 19.2. The SMILES string of the molecule is C=CCCOc1ccc(-c2ccc(-c3ccc(C4=CCC(C)CC4)cc3F)cc2)c(F)c1F. The third kappa shape index (κ3) is 5.05. The van der Waals surface area contributed by atoms with Crippen molar-refractivity contribution >= 4 is 5.57 Å². The van der Waals surface area contributed by atoms with E-state index in [4.69, 9.17) is 4.74 Å². The van der Waals surface area contributed by atoms with Gasteiger partial charge in [-0.15, -0.1) is 6.58 Å². The predicted molar refractivity (Wildman–Crippen MR) is 128 cm³/mol. The standard InChI is InChI=1S/C29H27F3O/c1-3-4-17-33-27-16-15-25(28(31)29(27)32)22-11-9-21(10-12-22)24-14-13-23(18-26(24)30)20-7-5-19(2)6-8-20/h3,7,9-16,18-19H,1,4-6,8,17H2,2H3. The Labute approximate surface area is 193 Å². The molecule has 3 aromatic rings. The molecule has 0 N–H and O–H groups in total. The number of allylic oxidation sites excluding steroid dienone is 2. The fourth-order valence-corrected chi connectivity index (χ4v) is 4.12. The molecule has 170 valence electrons. The number of halogens is 3. The zero-order chi connectivity index (χ0) is 23.4. The van der Waals surface area contributed by atoms with Crippen LogP contribution in [0.15, 0.2) is 73.3 Å². The minimum atomic E-state index is -1.02. The van der Waals surface area contributed by atoms with E-state index in [1.807, 2.05) is 6.07 Å². The normalized spacial score (nSPS) is 15.8. The van der Waals surface area contributed by atoms with Crippen LogP contribution in [0.2, 0.25) is 0 Å². The number of rotatable bonds is 7. The molecule has 1 aliphatic carbocycles. The highest BCUT2D eigenvalue weighted by Gasteiger charge is 2.17. The van der Waals surface area contributed by atoms with Gasteiger partial charge in [0.25, 0.3) is 0 Å². The third-order valence-corrected chi connectivity index (χ3v) is 6.15. The molecule has 1 unspecified atom stereocenters. The maximum absolute atomic E-state index is 14.9. The van der Waals surface area contributed by atoms with E-state index in [0.717, 1.165) is 24.8 Å². The van der Waals surface area contributed by atoms with Gasteiger partial charge >= 0.3 is 0 Å². The van der Waals surface area contributed by atoms with Gasteiger partial charge in [0.1, 0.15) is 5.82 Å². The van der Waals surface area contributed by atoms with E-state index >= 15 is 0 Å². The highest BCUT2D eigenvalue weighted by molar-refractivity contribution is 5.74.